The van der Waals surface area contributed by atoms with Crippen molar-refractivity contribution >= 4 is 22.2 Å². The van der Waals surface area contributed by atoms with E-state index in [1.807, 2.05) is 0 Å². The van der Waals surface area contributed by atoms with Crippen LogP contribution in [0.2, 0.25) is 0 Å². The van der Waals surface area contributed by atoms with Gasteiger partial charge < -0.3 is 10.2 Å². The SMILES string of the molecule is CCNC(C)c1csc(N(C)c2ccc(C)cc2C)n1. The summed E-state index contributed by atoms with van der Waals surface area (Å²) in [5.41, 5.74) is 4.90. The number of aromatic nitrogens is 1. The van der Waals surface area contributed by atoms with Gasteiger partial charge >= 0.3 is 0 Å². The summed E-state index contributed by atoms with van der Waals surface area (Å²) in [5, 5.41) is 6.58. The predicted molar refractivity (Wildman–Crippen MR) is 88.2 cm³/mol. The Morgan fingerprint density at radius 3 is 2.75 bits per heavy atom. The molecule has 0 spiro atoms. The lowest BCUT2D eigenvalue weighted by atomic mass is 10.1. The summed E-state index contributed by atoms with van der Waals surface area (Å²) in [6.07, 6.45) is 0. The highest BCUT2D eigenvalue weighted by Crippen LogP contribution is 2.31. The second-order valence-corrected chi connectivity index (χ2v) is 6.02. The summed E-state index contributed by atoms with van der Waals surface area (Å²) in [7, 11) is 2.08. The van der Waals surface area contributed by atoms with Gasteiger partial charge in [-0.05, 0) is 38.9 Å². The van der Waals surface area contributed by atoms with Crippen LogP contribution in [0.5, 0.6) is 0 Å². The van der Waals surface area contributed by atoms with E-state index in [4.69, 9.17) is 4.98 Å². The molecule has 3 nitrogen and oxygen atoms in total. The molecular weight excluding hydrogens is 266 g/mol. The Balaban J connectivity index is 2.23. The zero-order valence-corrected chi connectivity index (χ0v) is 13.7. The molecule has 108 valence electrons. The third-order valence-corrected chi connectivity index (χ3v) is 4.40. The minimum Gasteiger partial charge on any atom is -0.321 e. The number of aryl methyl sites for hydroxylation is 2. The monoisotopic (exact) mass is 289 g/mol. The first-order valence-corrected chi connectivity index (χ1v) is 7.90. The Morgan fingerprint density at radius 2 is 2.10 bits per heavy atom. The molecule has 0 radical (unpaired) electrons. The molecule has 1 aromatic carbocycles. The molecule has 2 rings (SSSR count). The number of thiazole rings is 1. The lowest BCUT2D eigenvalue weighted by Gasteiger charge is -2.19. The summed E-state index contributed by atoms with van der Waals surface area (Å²) in [5.74, 6) is 0. The average Bonchev–Trinajstić information content (AvgIpc) is 2.88. The number of nitrogens with zero attached hydrogens (tertiary/aromatic N) is 2. The minimum absolute atomic E-state index is 0.303. The van der Waals surface area contributed by atoms with Crippen molar-refractivity contribution in [2.75, 3.05) is 18.5 Å². The van der Waals surface area contributed by atoms with Gasteiger partial charge in [-0.2, -0.15) is 0 Å². The number of hydrogen-bond donors (Lipinski definition) is 1. The van der Waals surface area contributed by atoms with Crippen molar-refractivity contribution < 1.29 is 0 Å². The van der Waals surface area contributed by atoms with Crippen LogP contribution < -0.4 is 10.2 Å². The van der Waals surface area contributed by atoms with E-state index in [-0.39, 0.29) is 0 Å². The molecule has 0 fully saturated rings. The van der Waals surface area contributed by atoms with Crippen LogP contribution in [0.15, 0.2) is 23.6 Å². The lowest BCUT2D eigenvalue weighted by Crippen LogP contribution is -2.18. The fourth-order valence-corrected chi connectivity index (χ4v) is 3.22. The van der Waals surface area contributed by atoms with Crippen molar-refractivity contribution in [3.63, 3.8) is 0 Å². The molecule has 0 saturated carbocycles. The molecule has 1 atom stereocenters. The zero-order valence-electron chi connectivity index (χ0n) is 12.9. The summed E-state index contributed by atoms with van der Waals surface area (Å²) < 4.78 is 0. The first-order valence-electron chi connectivity index (χ1n) is 7.02. The molecule has 0 saturated heterocycles. The van der Waals surface area contributed by atoms with Crippen molar-refractivity contribution in [1.29, 1.82) is 0 Å². The van der Waals surface area contributed by atoms with E-state index in [0.29, 0.717) is 6.04 Å². The van der Waals surface area contributed by atoms with Gasteiger partial charge in [0.1, 0.15) is 0 Å². The molecule has 0 aliphatic heterocycles. The summed E-state index contributed by atoms with van der Waals surface area (Å²) in [4.78, 5) is 6.92. The van der Waals surface area contributed by atoms with Crippen molar-refractivity contribution in [3.05, 3.63) is 40.4 Å². The van der Waals surface area contributed by atoms with Crippen LogP contribution >= 0.6 is 11.3 Å². The van der Waals surface area contributed by atoms with Crippen LogP contribution in [0.1, 0.15) is 36.7 Å². The Hall–Kier alpha value is -1.39. The quantitative estimate of drug-likeness (QED) is 0.894. The smallest absolute Gasteiger partial charge is 0.189 e. The Bertz CT molecular complexity index is 577. The highest BCUT2D eigenvalue weighted by atomic mass is 32.1. The predicted octanol–water partition coefficient (Wildman–Crippen LogP) is 4.20. The second kappa shape index (κ2) is 6.37. The van der Waals surface area contributed by atoms with E-state index >= 15 is 0 Å². The number of hydrogen-bond acceptors (Lipinski definition) is 4. The van der Waals surface area contributed by atoms with Crippen molar-refractivity contribution in [3.8, 4) is 0 Å². The molecule has 0 bridgehead atoms. The molecule has 4 heteroatoms. The average molecular weight is 289 g/mol. The Labute approximate surface area is 125 Å². The minimum atomic E-state index is 0.303. The summed E-state index contributed by atoms with van der Waals surface area (Å²) in [6, 6.07) is 6.83. The largest absolute Gasteiger partial charge is 0.321 e. The maximum absolute atomic E-state index is 4.75. The van der Waals surface area contributed by atoms with Crippen LogP contribution in [0, 0.1) is 13.8 Å². The molecule has 1 aromatic heterocycles. The van der Waals surface area contributed by atoms with Crippen LogP contribution in [0.25, 0.3) is 0 Å². The van der Waals surface area contributed by atoms with Gasteiger partial charge in [-0.1, -0.05) is 24.6 Å². The topological polar surface area (TPSA) is 28.2 Å². The number of nitrogens with one attached hydrogen (secondary N) is 1. The molecular formula is C16H23N3S. The van der Waals surface area contributed by atoms with Crippen molar-refractivity contribution in [2.45, 2.75) is 33.7 Å². The highest BCUT2D eigenvalue weighted by molar-refractivity contribution is 7.13. The zero-order chi connectivity index (χ0) is 14.7. The van der Waals surface area contributed by atoms with Gasteiger partial charge in [-0.15, -0.1) is 11.3 Å². The van der Waals surface area contributed by atoms with Crippen molar-refractivity contribution in [2.24, 2.45) is 0 Å². The van der Waals surface area contributed by atoms with E-state index < -0.39 is 0 Å². The molecule has 1 unspecified atom stereocenters. The van der Waals surface area contributed by atoms with E-state index in [9.17, 15) is 0 Å². The first kappa shape index (κ1) is 15.0. The van der Waals surface area contributed by atoms with Crippen molar-refractivity contribution in [1.82, 2.24) is 10.3 Å². The van der Waals surface area contributed by atoms with Crippen LogP contribution in [-0.4, -0.2) is 18.6 Å². The Morgan fingerprint density at radius 1 is 1.35 bits per heavy atom. The third kappa shape index (κ3) is 3.19. The number of anilines is 2. The lowest BCUT2D eigenvalue weighted by molar-refractivity contribution is 0.586. The standard InChI is InChI=1S/C16H23N3S/c1-6-17-13(4)14-10-20-16(18-14)19(5)15-8-7-11(2)9-12(15)3/h7-10,13,17H,6H2,1-5H3. The molecule has 20 heavy (non-hydrogen) atoms. The summed E-state index contributed by atoms with van der Waals surface area (Å²) >= 11 is 1.69. The molecule has 1 N–H and O–H groups in total. The van der Waals surface area contributed by atoms with E-state index in [1.165, 1.54) is 16.8 Å². The number of benzene rings is 1. The van der Waals surface area contributed by atoms with Crippen LogP contribution in [0.3, 0.4) is 0 Å². The Kier molecular flexibility index (Phi) is 4.78. The van der Waals surface area contributed by atoms with Crippen LogP contribution in [-0.2, 0) is 0 Å². The van der Waals surface area contributed by atoms with E-state index in [1.54, 1.807) is 11.3 Å². The van der Waals surface area contributed by atoms with E-state index in [0.717, 1.165) is 17.4 Å². The fourth-order valence-electron chi connectivity index (χ4n) is 2.32. The molecule has 0 amide bonds. The second-order valence-electron chi connectivity index (χ2n) is 5.18. The van der Waals surface area contributed by atoms with Gasteiger partial charge in [0.15, 0.2) is 5.13 Å². The first-order chi connectivity index (χ1) is 9.52. The fraction of sp³-hybridized carbons (Fsp3) is 0.438. The summed E-state index contributed by atoms with van der Waals surface area (Å²) in [6.45, 7) is 9.50. The van der Waals surface area contributed by atoms with Crippen LogP contribution in [0.4, 0.5) is 10.8 Å². The highest BCUT2D eigenvalue weighted by Gasteiger charge is 2.14. The molecule has 1 heterocycles. The normalized spacial score (nSPS) is 12.4. The number of rotatable bonds is 5. The maximum Gasteiger partial charge on any atom is 0.189 e. The van der Waals surface area contributed by atoms with Gasteiger partial charge in [-0.3, -0.25) is 0 Å². The van der Waals surface area contributed by atoms with Gasteiger partial charge in [0.05, 0.1) is 5.69 Å². The third-order valence-electron chi connectivity index (χ3n) is 3.46. The molecule has 0 aliphatic rings. The van der Waals surface area contributed by atoms with Gasteiger partial charge in [-0.25, -0.2) is 4.98 Å². The van der Waals surface area contributed by atoms with E-state index in [2.05, 4.69) is 68.5 Å². The molecule has 2 aromatic rings. The van der Waals surface area contributed by atoms with Gasteiger partial charge in [0.25, 0.3) is 0 Å². The maximum atomic E-state index is 4.75. The van der Waals surface area contributed by atoms with Gasteiger partial charge in [0, 0.05) is 24.2 Å². The van der Waals surface area contributed by atoms with Gasteiger partial charge in [0.2, 0.25) is 0 Å². The molecule has 0 aliphatic carbocycles.